The number of aryl methyl sites for hydroxylation is 2. The van der Waals surface area contributed by atoms with Crippen LogP contribution in [0.3, 0.4) is 0 Å². The highest BCUT2D eigenvalue weighted by Gasteiger charge is 2.04. The van der Waals surface area contributed by atoms with Crippen molar-refractivity contribution < 1.29 is 5.21 Å². The van der Waals surface area contributed by atoms with Gasteiger partial charge in [0.1, 0.15) is 5.84 Å². The number of unbranched alkanes of at least 4 members (excludes halogenated alkanes) is 1. The van der Waals surface area contributed by atoms with Crippen LogP contribution in [-0.4, -0.2) is 17.6 Å². The van der Waals surface area contributed by atoms with Gasteiger partial charge in [0, 0.05) is 17.4 Å². The molecular formula is C13H20BrN3O. The smallest absolute Gasteiger partial charge is 0.139 e. The highest BCUT2D eigenvalue weighted by atomic mass is 79.9. The zero-order valence-corrected chi connectivity index (χ0v) is 12.4. The maximum Gasteiger partial charge on any atom is 0.139 e. The highest BCUT2D eigenvalue weighted by molar-refractivity contribution is 9.10. The Morgan fingerprint density at radius 1 is 1.39 bits per heavy atom. The van der Waals surface area contributed by atoms with Gasteiger partial charge in [-0.15, -0.1) is 0 Å². The van der Waals surface area contributed by atoms with E-state index in [-0.39, 0.29) is 0 Å². The van der Waals surface area contributed by atoms with Gasteiger partial charge < -0.3 is 16.3 Å². The number of nitrogens with zero attached hydrogens (tertiary/aromatic N) is 1. The molecule has 0 spiro atoms. The quantitative estimate of drug-likeness (QED) is 0.248. The third-order valence-corrected chi connectivity index (χ3v) is 3.35. The Hall–Kier alpha value is -1.23. The number of anilines is 1. The molecule has 0 aliphatic rings. The fraction of sp³-hybridized carbons (Fsp3) is 0.462. The second kappa shape index (κ2) is 7.26. The molecule has 0 amide bonds. The number of nitrogens with one attached hydrogen (secondary N) is 1. The average Bonchev–Trinajstić information content (AvgIpc) is 2.31. The molecule has 0 heterocycles. The van der Waals surface area contributed by atoms with Crippen LogP contribution in [0.15, 0.2) is 21.8 Å². The molecule has 0 aliphatic carbocycles. The van der Waals surface area contributed by atoms with Gasteiger partial charge in [0.15, 0.2) is 0 Å². The number of halogens is 1. The van der Waals surface area contributed by atoms with Crippen molar-refractivity contribution in [2.75, 3.05) is 11.9 Å². The van der Waals surface area contributed by atoms with Gasteiger partial charge in [-0.2, -0.15) is 0 Å². The van der Waals surface area contributed by atoms with E-state index in [1.54, 1.807) is 0 Å². The van der Waals surface area contributed by atoms with Gasteiger partial charge in [0.05, 0.1) is 5.69 Å². The van der Waals surface area contributed by atoms with E-state index in [2.05, 4.69) is 52.4 Å². The summed E-state index contributed by atoms with van der Waals surface area (Å²) in [7, 11) is 0. The van der Waals surface area contributed by atoms with E-state index in [9.17, 15) is 0 Å². The standard InChI is InChI=1S/C13H20BrN3O/c1-9-7-10(2)13(11(14)8-9)16-6-4-3-5-12(15)17-18/h7-8,16,18H,3-6H2,1-2H3,(H2,15,17). The lowest BCUT2D eigenvalue weighted by molar-refractivity contribution is 0.316. The van der Waals surface area contributed by atoms with E-state index in [1.165, 1.54) is 11.1 Å². The van der Waals surface area contributed by atoms with Crippen molar-refractivity contribution in [1.82, 2.24) is 0 Å². The van der Waals surface area contributed by atoms with E-state index >= 15 is 0 Å². The van der Waals surface area contributed by atoms with Crippen molar-refractivity contribution in [2.45, 2.75) is 33.1 Å². The molecule has 0 atom stereocenters. The zero-order chi connectivity index (χ0) is 13.5. The normalized spacial score (nSPS) is 11.6. The van der Waals surface area contributed by atoms with Gasteiger partial charge in [0.25, 0.3) is 0 Å². The van der Waals surface area contributed by atoms with E-state index in [4.69, 9.17) is 10.9 Å². The molecule has 0 saturated carbocycles. The number of oxime groups is 1. The highest BCUT2D eigenvalue weighted by Crippen LogP contribution is 2.27. The predicted octanol–water partition coefficient (Wildman–Crippen LogP) is 3.39. The molecule has 0 unspecified atom stereocenters. The average molecular weight is 314 g/mol. The van der Waals surface area contributed by atoms with Crippen molar-refractivity contribution in [2.24, 2.45) is 10.9 Å². The van der Waals surface area contributed by atoms with Crippen LogP contribution in [0.2, 0.25) is 0 Å². The SMILES string of the molecule is Cc1cc(C)c(NCCCC/C(N)=N/O)c(Br)c1. The number of rotatable bonds is 6. The van der Waals surface area contributed by atoms with Gasteiger partial charge in [-0.1, -0.05) is 11.2 Å². The van der Waals surface area contributed by atoms with E-state index in [0.717, 1.165) is 29.5 Å². The number of hydrogen-bond acceptors (Lipinski definition) is 3. The summed E-state index contributed by atoms with van der Waals surface area (Å²) in [6.07, 6.45) is 2.52. The van der Waals surface area contributed by atoms with Gasteiger partial charge in [0.2, 0.25) is 0 Å². The molecule has 5 heteroatoms. The molecule has 1 aromatic carbocycles. The van der Waals surface area contributed by atoms with Crippen LogP contribution >= 0.6 is 15.9 Å². The zero-order valence-electron chi connectivity index (χ0n) is 10.8. The van der Waals surface area contributed by atoms with Crippen LogP contribution in [0.4, 0.5) is 5.69 Å². The fourth-order valence-corrected chi connectivity index (χ4v) is 2.65. The number of benzene rings is 1. The first-order chi connectivity index (χ1) is 8.54. The first-order valence-electron chi connectivity index (χ1n) is 6.01. The van der Waals surface area contributed by atoms with E-state index in [1.807, 2.05) is 0 Å². The van der Waals surface area contributed by atoms with E-state index < -0.39 is 0 Å². The monoisotopic (exact) mass is 313 g/mol. The molecule has 0 aliphatic heterocycles. The molecule has 0 bridgehead atoms. The Morgan fingerprint density at radius 3 is 2.72 bits per heavy atom. The third-order valence-electron chi connectivity index (χ3n) is 2.72. The predicted molar refractivity (Wildman–Crippen MR) is 79.4 cm³/mol. The van der Waals surface area contributed by atoms with Crippen molar-refractivity contribution in [3.63, 3.8) is 0 Å². The molecule has 1 rings (SSSR count). The van der Waals surface area contributed by atoms with Crippen LogP contribution in [0.5, 0.6) is 0 Å². The second-order valence-electron chi connectivity index (χ2n) is 4.41. The molecule has 0 saturated heterocycles. The van der Waals surface area contributed by atoms with Crippen LogP contribution in [0.1, 0.15) is 30.4 Å². The summed E-state index contributed by atoms with van der Waals surface area (Å²) in [5.74, 6) is 0.294. The van der Waals surface area contributed by atoms with Crippen LogP contribution < -0.4 is 11.1 Å². The van der Waals surface area contributed by atoms with Crippen molar-refractivity contribution in [3.05, 3.63) is 27.7 Å². The van der Waals surface area contributed by atoms with Crippen molar-refractivity contribution >= 4 is 27.5 Å². The largest absolute Gasteiger partial charge is 0.409 e. The first-order valence-corrected chi connectivity index (χ1v) is 6.81. The van der Waals surface area contributed by atoms with Crippen LogP contribution in [0.25, 0.3) is 0 Å². The summed E-state index contributed by atoms with van der Waals surface area (Å²) in [5, 5.41) is 14.8. The summed E-state index contributed by atoms with van der Waals surface area (Å²) in [6.45, 7) is 5.05. The summed E-state index contributed by atoms with van der Waals surface area (Å²) in [4.78, 5) is 0. The lowest BCUT2D eigenvalue weighted by Crippen LogP contribution is -2.12. The molecule has 0 aromatic heterocycles. The van der Waals surface area contributed by atoms with Crippen LogP contribution in [-0.2, 0) is 0 Å². The first kappa shape index (κ1) is 14.8. The van der Waals surface area contributed by atoms with Crippen LogP contribution in [0, 0.1) is 13.8 Å². The molecule has 4 nitrogen and oxygen atoms in total. The van der Waals surface area contributed by atoms with Gasteiger partial charge in [-0.05, 0) is 59.8 Å². The van der Waals surface area contributed by atoms with E-state index in [0.29, 0.717) is 12.3 Å². The summed E-state index contributed by atoms with van der Waals surface area (Å²) in [6, 6.07) is 4.26. The minimum absolute atomic E-state index is 0.294. The molecule has 1 aromatic rings. The summed E-state index contributed by atoms with van der Waals surface area (Å²) >= 11 is 3.57. The lowest BCUT2D eigenvalue weighted by Gasteiger charge is -2.12. The minimum atomic E-state index is 0.294. The molecule has 100 valence electrons. The number of nitrogens with two attached hydrogens (primary N) is 1. The lowest BCUT2D eigenvalue weighted by atomic mass is 10.1. The molecule has 18 heavy (non-hydrogen) atoms. The fourth-order valence-electron chi connectivity index (χ4n) is 1.83. The number of hydrogen-bond donors (Lipinski definition) is 3. The minimum Gasteiger partial charge on any atom is -0.409 e. The van der Waals surface area contributed by atoms with Gasteiger partial charge in [-0.3, -0.25) is 0 Å². The maximum absolute atomic E-state index is 8.41. The Morgan fingerprint density at radius 2 is 2.11 bits per heavy atom. The second-order valence-corrected chi connectivity index (χ2v) is 5.27. The van der Waals surface area contributed by atoms with Crippen molar-refractivity contribution in [1.29, 1.82) is 0 Å². The Balaban J connectivity index is 2.40. The summed E-state index contributed by atoms with van der Waals surface area (Å²) in [5.41, 5.74) is 9.03. The molecule has 0 fully saturated rings. The topological polar surface area (TPSA) is 70.6 Å². The molecular weight excluding hydrogens is 294 g/mol. The van der Waals surface area contributed by atoms with Gasteiger partial charge >= 0.3 is 0 Å². The van der Waals surface area contributed by atoms with Crippen molar-refractivity contribution in [3.8, 4) is 0 Å². The van der Waals surface area contributed by atoms with Gasteiger partial charge in [-0.25, -0.2) is 0 Å². The molecule has 0 radical (unpaired) electrons. The Labute approximate surface area is 116 Å². The Bertz CT molecular complexity index is 409. The maximum atomic E-state index is 8.41. The molecule has 4 N–H and O–H groups in total. The third kappa shape index (κ3) is 4.56. The summed E-state index contributed by atoms with van der Waals surface area (Å²) < 4.78 is 1.09. The number of amidine groups is 1. The Kier molecular flexibility index (Phi) is 5.98.